The van der Waals surface area contributed by atoms with Gasteiger partial charge >= 0.3 is 17.9 Å². The Morgan fingerprint density at radius 2 is 0.506 bits per heavy atom. The van der Waals surface area contributed by atoms with Crippen molar-refractivity contribution in [1.82, 2.24) is 0 Å². The summed E-state index contributed by atoms with van der Waals surface area (Å²) in [6.45, 7) is 6.43. The number of carbonyl (C=O) groups is 3. The maximum absolute atomic E-state index is 12.9. The molecule has 1 unspecified atom stereocenters. The predicted octanol–water partition coefficient (Wildman–Crippen LogP) is 21.8. The Kier molecular flexibility index (Phi) is 60.4. The number of allylic oxidation sites excluding steroid dienone is 22. The van der Waals surface area contributed by atoms with E-state index in [1.165, 1.54) is 109 Å². The third-order valence-electron chi connectivity index (χ3n) is 13.1. The molecule has 0 aromatic carbocycles. The Balaban J connectivity index is 4.52. The molecule has 6 heteroatoms. The van der Waals surface area contributed by atoms with Gasteiger partial charge in [0.2, 0.25) is 0 Å². The standard InChI is InChI=1S/C71H116O6/c1-4-7-10-13-16-19-22-25-28-31-34-35-38-40-43-46-49-52-55-58-61-64-70(73)76-67-68(77-71(74)65-62-59-56-53-50-47-44-41-37-33-30-27-24-21-18-15-12-9-6-3)66-75-69(72)63-60-57-54-51-48-45-42-39-36-32-29-26-23-20-17-14-11-8-5-2/h7,10,16-21,25-30,34-35,37,40-41,43,49,52,68H,4-6,8-9,11-15,22-24,31-33,36,38-39,42,44-48,50-51,53-67H2,1-3H3/b10-7-,19-16-,20-17-,21-18-,28-25-,29-26-,30-27-,35-34-,41-37-,43-40-,52-49-. The highest BCUT2D eigenvalue weighted by atomic mass is 16.6. The topological polar surface area (TPSA) is 78.9 Å². The van der Waals surface area contributed by atoms with Gasteiger partial charge in [0.05, 0.1) is 0 Å². The minimum atomic E-state index is -0.812. The molecule has 436 valence electrons. The molecule has 0 aromatic heterocycles. The van der Waals surface area contributed by atoms with E-state index in [4.69, 9.17) is 14.2 Å². The van der Waals surface area contributed by atoms with Crippen LogP contribution < -0.4 is 0 Å². The number of carbonyl (C=O) groups excluding carboxylic acids is 3. The zero-order chi connectivity index (χ0) is 55.7. The van der Waals surface area contributed by atoms with Crippen LogP contribution in [0, 0.1) is 0 Å². The SMILES string of the molecule is CC/C=C\C/C=C\C/C=C\C/C=C\C/C=C\C/C=C\CCCCC(=O)OCC(COC(=O)CCCCCCCCCCC/C=C\C/C=C\CCCCC)OC(=O)CCCCCCCC/C=C\C/C=C\C/C=C\CCCCC. The molecule has 0 spiro atoms. The summed E-state index contributed by atoms with van der Waals surface area (Å²) in [5, 5.41) is 0. The quantitative estimate of drug-likeness (QED) is 0.0261. The number of hydrogen-bond donors (Lipinski definition) is 0. The van der Waals surface area contributed by atoms with Gasteiger partial charge in [0.15, 0.2) is 6.10 Å². The molecule has 0 rings (SSSR count). The second-order valence-electron chi connectivity index (χ2n) is 20.6. The molecule has 0 bridgehead atoms. The number of hydrogen-bond acceptors (Lipinski definition) is 6. The van der Waals surface area contributed by atoms with Gasteiger partial charge in [-0.05, 0) is 141 Å². The summed E-state index contributed by atoms with van der Waals surface area (Å²) in [4.78, 5) is 38.3. The van der Waals surface area contributed by atoms with Crippen LogP contribution in [0.2, 0.25) is 0 Å². The lowest BCUT2D eigenvalue weighted by Gasteiger charge is -2.18. The van der Waals surface area contributed by atoms with Crippen LogP contribution in [0.4, 0.5) is 0 Å². The van der Waals surface area contributed by atoms with E-state index in [0.29, 0.717) is 25.7 Å². The lowest BCUT2D eigenvalue weighted by molar-refractivity contribution is -0.167. The fourth-order valence-corrected chi connectivity index (χ4v) is 8.36. The molecular formula is C71H116O6. The molecule has 0 aliphatic carbocycles. The average Bonchev–Trinajstić information content (AvgIpc) is 3.43. The van der Waals surface area contributed by atoms with Crippen molar-refractivity contribution in [3.63, 3.8) is 0 Å². The van der Waals surface area contributed by atoms with E-state index in [0.717, 1.165) is 122 Å². The summed E-state index contributed by atoms with van der Waals surface area (Å²) in [5.41, 5.74) is 0. The molecule has 0 aliphatic heterocycles. The number of ether oxygens (including phenoxy) is 3. The third-order valence-corrected chi connectivity index (χ3v) is 13.1. The monoisotopic (exact) mass is 1060 g/mol. The average molecular weight is 1070 g/mol. The van der Waals surface area contributed by atoms with Crippen LogP contribution in [0.15, 0.2) is 134 Å². The number of esters is 3. The van der Waals surface area contributed by atoms with Crippen LogP contribution >= 0.6 is 0 Å². The molecule has 0 aliphatic rings. The van der Waals surface area contributed by atoms with Crippen molar-refractivity contribution in [2.75, 3.05) is 13.2 Å². The largest absolute Gasteiger partial charge is 0.462 e. The molecule has 77 heavy (non-hydrogen) atoms. The van der Waals surface area contributed by atoms with Crippen LogP contribution in [-0.4, -0.2) is 37.2 Å². The lowest BCUT2D eigenvalue weighted by Crippen LogP contribution is -2.30. The van der Waals surface area contributed by atoms with E-state index in [-0.39, 0.29) is 31.1 Å². The molecular weight excluding hydrogens is 949 g/mol. The van der Waals surface area contributed by atoms with Crippen molar-refractivity contribution in [2.24, 2.45) is 0 Å². The van der Waals surface area contributed by atoms with Gasteiger partial charge in [-0.15, -0.1) is 0 Å². The zero-order valence-corrected chi connectivity index (χ0v) is 49.9. The van der Waals surface area contributed by atoms with Crippen LogP contribution in [0.5, 0.6) is 0 Å². The fraction of sp³-hybridized carbons (Fsp3) is 0.648. The Labute approximate surface area is 475 Å². The Morgan fingerprint density at radius 1 is 0.273 bits per heavy atom. The van der Waals surface area contributed by atoms with E-state index in [9.17, 15) is 14.4 Å². The highest BCUT2D eigenvalue weighted by Gasteiger charge is 2.19. The zero-order valence-electron chi connectivity index (χ0n) is 49.9. The van der Waals surface area contributed by atoms with E-state index >= 15 is 0 Å². The van der Waals surface area contributed by atoms with Gasteiger partial charge in [-0.1, -0.05) is 251 Å². The van der Waals surface area contributed by atoms with Gasteiger partial charge in [-0.2, -0.15) is 0 Å². The van der Waals surface area contributed by atoms with E-state index in [1.807, 2.05) is 0 Å². The fourth-order valence-electron chi connectivity index (χ4n) is 8.36. The molecule has 0 radical (unpaired) electrons. The summed E-state index contributed by atoms with van der Waals surface area (Å²) >= 11 is 0. The summed E-state index contributed by atoms with van der Waals surface area (Å²) in [7, 11) is 0. The molecule has 0 saturated heterocycles. The summed E-state index contributed by atoms with van der Waals surface area (Å²) in [6, 6.07) is 0. The van der Waals surface area contributed by atoms with E-state index < -0.39 is 6.10 Å². The normalized spacial score (nSPS) is 13.0. The van der Waals surface area contributed by atoms with Crippen molar-refractivity contribution in [1.29, 1.82) is 0 Å². The molecule has 0 fully saturated rings. The van der Waals surface area contributed by atoms with Gasteiger partial charge in [-0.25, -0.2) is 0 Å². The molecule has 1 atom stereocenters. The first-order chi connectivity index (χ1) is 38.0. The summed E-state index contributed by atoms with van der Waals surface area (Å²) in [5.74, 6) is -0.963. The maximum Gasteiger partial charge on any atom is 0.306 e. The number of rotatable bonds is 56. The summed E-state index contributed by atoms with van der Waals surface area (Å²) in [6.07, 6.45) is 90.1. The highest BCUT2D eigenvalue weighted by molar-refractivity contribution is 5.71. The van der Waals surface area contributed by atoms with Gasteiger partial charge in [-0.3, -0.25) is 14.4 Å². The van der Waals surface area contributed by atoms with Crippen molar-refractivity contribution < 1.29 is 28.6 Å². The molecule has 6 nitrogen and oxygen atoms in total. The second kappa shape index (κ2) is 64.1. The first-order valence-corrected chi connectivity index (χ1v) is 31.7. The molecule has 0 N–H and O–H groups in total. The van der Waals surface area contributed by atoms with Crippen molar-refractivity contribution in [3.05, 3.63) is 134 Å². The number of unbranched alkanes of at least 4 members (excludes halogenated alkanes) is 23. The smallest absolute Gasteiger partial charge is 0.306 e. The molecule has 0 saturated carbocycles. The highest BCUT2D eigenvalue weighted by Crippen LogP contribution is 2.14. The predicted molar refractivity (Wildman–Crippen MR) is 334 cm³/mol. The Hall–Kier alpha value is -4.45. The van der Waals surface area contributed by atoms with Gasteiger partial charge in [0.25, 0.3) is 0 Å². The first-order valence-electron chi connectivity index (χ1n) is 31.7. The van der Waals surface area contributed by atoms with Crippen LogP contribution in [0.25, 0.3) is 0 Å². The van der Waals surface area contributed by atoms with Gasteiger partial charge in [0, 0.05) is 19.3 Å². The summed E-state index contributed by atoms with van der Waals surface area (Å²) < 4.78 is 16.9. The van der Waals surface area contributed by atoms with Crippen LogP contribution in [-0.2, 0) is 28.6 Å². The lowest BCUT2D eigenvalue weighted by atomic mass is 10.1. The van der Waals surface area contributed by atoms with E-state index in [1.54, 1.807) is 0 Å². The third kappa shape index (κ3) is 62.3. The molecule has 0 aromatic rings. The van der Waals surface area contributed by atoms with Gasteiger partial charge < -0.3 is 14.2 Å². The first kappa shape index (κ1) is 72.5. The second-order valence-corrected chi connectivity index (χ2v) is 20.6. The minimum Gasteiger partial charge on any atom is -0.462 e. The molecule has 0 heterocycles. The Bertz CT molecular complexity index is 1650. The Morgan fingerprint density at radius 3 is 0.818 bits per heavy atom. The maximum atomic E-state index is 12.9. The van der Waals surface area contributed by atoms with E-state index in [2.05, 4.69) is 154 Å². The van der Waals surface area contributed by atoms with Crippen LogP contribution in [0.3, 0.4) is 0 Å². The minimum absolute atomic E-state index is 0.103. The van der Waals surface area contributed by atoms with Crippen molar-refractivity contribution in [2.45, 2.75) is 284 Å². The van der Waals surface area contributed by atoms with Crippen molar-refractivity contribution in [3.8, 4) is 0 Å². The molecule has 0 amide bonds. The van der Waals surface area contributed by atoms with Crippen LogP contribution in [0.1, 0.15) is 278 Å². The van der Waals surface area contributed by atoms with Gasteiger partial charge in [0.1, 0.15) is 13.2 Å². The van der Waals surface area contributed by atoms with Crippen molar-refractivity contribution >= 4 is 17.9 Å².